The Morgan fingerprint density at radius 3 is 2.69 bits per heavy atom. The van der Waals surface area contributed by atoms with E-state index < -0.39 is 17.6 Å². The number of fused-ring (bicyclic) bond motifs is 1. The SMILES string of the molecule is C=CC(Cl)=CC=C(C)CCNC(=O)c1cc2c(N3CCC(O)C3)ccnc2n(CC(=O)N2CC(C)(C)C2)c1=O. The van der Waals surface area contributed by atoms with Crippen molar-refractivity contribution >= 4 is 40.1 Å². The number of allylic oxidation sites excluding steroid dienone is 4. The number of aromatic nitrogens is 2. The molecule has 10 heteroatoms. The van der Waals surface area contributed by atoms with Gasteiger partial charge in [0.05, 0.1) is 6.10 Å². The Morgan fingerprint density at radius 2 is 2.05 bits per heavy atom. The first-order chi connectivity index (χ1) is 18.5. The van der Waals surface area contributed by atoms with Gasteiger partial charge in [-0.3, -0.25) is 19.0 Å². The lowest BCUT2D eigenvalue weighted by Gasteiger charge is -2.45. The minimum Gasteiger partial charge on any atom is -0.391 e. The average Bonchev–Trinajstić information content (AvgIpc) is 3.32. The van der Waals surface area contributed by atoms with Crippen molar-refractivity contribution in [2.75, 3.05) is 37.6 Å². The van der Waals surface area contributed by atoms with E-state index in [2.05, 4.69) is 30.7 Å². The summed E-state index contributed by atoms with van der Waals surface area (Å²) in [4.78, 5) is 48.1. The second-order valence-corrected chi connectivity index (χ2v) is 11.5. The maximum atomic E-state index is 13.6. The van der Waals surface area contributed by atoms with E-state index in [4.69, 9.17) is 11.6 Å². The van der Waals surface area contributed by atoms with Gasteiger partial charge >= 0.3 is 0 Å². The fraction of sp³-hybridized carbons (Fsp3) is 0.448. The molecule has 1 unspecified atom stereocenters. The highest BCUT2D eigenvalue weighted by Gasteiger charge is 2.37. The molecule has 9 nitrogen and oxygen atoms in total. The van der Waals surface area contributed by atoms with Crippen LogP contribution in [0.3, 0.4) is 0 Å². The lowest BCUT2D eigenvalue weighted by molar-refractivity contribution is -0.142. The van der Waals surface area contributed by atoms with Crippen LogP contribution in [0.2, 0.25) is 0 Å². The summed E-state index contributed by atoms with van der Waals surface area (Å²) in [6.45, 7) is 12.1. The van der Waals surface area contributed by atoms with Crippen molar-refractivity contribution in [2.24, 2.45) is 5.41 Å². The quantitative estimate of drug-likeness (QED) is 0.462. The van der Waals surface area contributed by atoms with Crippen LogP contribution in [0, 0.1) is 5.41 Å². The number of carbonyl (C=O) groups is 2. The first-order valence-corrected chi connectivity index (χ1v) is 13.5. The molecule has 2 amide bonds. The standard InChI is InChI=1S/C29H36ClN5O4/c1-5-20(30)7-6-19(2)8-11-32-27(38)23-14-22-24(33-13-10-21(36)15-33)9-12-31-26(22)35(28(23)39)16-25(37)34-17-29(3,4)18-34/h5-7,9,12,14,21,36H,1,8,10-11,13,15-18H2,2-4H3,(H,32,38). The summed E-state index contributed by atoms with van der Waals surface area (Å²) in [6, 6.07) is 3.37. The summed E-state index contributed by atoms with van der Waals surface area (Å²) >= 11 is 5.95. The van der Waals surface area contributed by atoms with Gasteiger partial charge in [0.25, 0.3) is 11.5 Å². The van der Waals surface area contributed by atoms with Crippen LogP contribution in [-0.2, 0) is 11.3 Å². The van der Waals surface area contributed by atoms with Crippen molar-refractivity contribution in [3.8, 4) is 0 Å². The van der Waals surface area contributed by atoms with Gasteiger partial charge in [-0.15, -0.1) is 0 Å². The molecule has 0 spiro atoms. The van der Waals surface area contributed by atoms with Crippen LogP contribution in [0.4, 0.5) is 5.69 Å². The molecule has 0 aromatic carbocycles. The van der Waals surface area contributed by atoms with E-state index in [0.717, 1.165) is 11.3 Å². The molecule has 2 aliphatic rings. The molecule has 2 aliphatic heterocycles. The second-order valence-electron chi connectivity index (χ2n) is 11.1. The summed E-state index contributed by atoms with van der Waals surface area (Å²) in [6.07, 6.45) is 7.45. The Balaban J connectivity index is 1.65. The Hall–Kier alpha value is -3.43. The minimum atomic E-state index is -0.563. The lowest BCUT2D eigenvalue weighted by Crippen LogP contribution is -2.56. The van der Waals surface area contributed by atoms with E-state index in [1.54, 1.807) is 23.2 Å². The number of rotatable bonds is 9. The van der Waals surface area contributed by atoms with Crippen molar-refractivity contribution in [3.63, 3.8) is 0 Å². The van der Waals surface area contributed by atoms with Crippen molar-refractivity contribution in [1.29, 1.82) is 0 Å². The molecule has 0 aliphatic carbocycles. The summed E-state index contributed by atoms with van der Waals surface area (Å²) < 4.78 is 1.31. The molecule has 1 atom stereocenters. The third kappa shape index (κ3) is 6.59. The van der Waals surface area contributed by atoms with Gasteiger partial charge in [0.2, 0.25) is 5.91 Å². The zero-order valence-corrected chi connectivity index (χ0v) is 23.5. The molecule has 2 saturated heterocycles. The van der Waals surface area contributed by atoms with Gasteiger partial charge in [-0.2, -0.15) is 0 Å². The maximum Gasteiger partial charge on any atom is 0.265 e. The van der Waals surface area contributed by atoms with Gasteiger partial charge in [0, 0.05) is 55.0 Å². The van der Waals surface area contributed by atoms with Gasteiger partial charge in [0.15, 0.2) is 0 Å². The highest BCUT2D eigenvalue weighted by Crippen LogP contribution is 2.30. The fourth-order valence-electron chi connectivity index (χ4n) is 5.04. The highest BCUT2D eigenvalue weighted by molar-refractivity contribution is 6.31. The monoisotopic (exact) mass is 553 g/mol. The van der Waals surface area contributed by atoms with Gasteiger partial charge in [-0.1, -0.05) is 49.8 Å². The highest BCUT2D eigenvalue weighted by atomic mass is 35.5. The van der Waals surface area contributed by atoms with Gasteiger partial charge in [-0.05, 0) is 43.4 Å². The number of pyridine rings is 2. The number of hydrogen-bond acceptors (Lipinski definition) is 6. The number of aliphatic hydroxyl groups is 1. The van der Waals surface area contributed by atoms with Gasteiger partial charge < -0.3 is 20.2 Å². The van der Waals surface area contributed by atoms with Crippen LogP contribution in [0.25, 0.3) is 11.0 Å². The number of β-amino-alcohol motifs (C(OH)–C–C–N with tert-alkyl or cyclic N) is 1. The topological polar surface area (TPSA) is 108 Å². The van der Waals surface area contributed by atoms with Crippen LogP contribution in [0.5, 0.6) is 0 Å². The molecular weight excluding hydrogens is 518 g/mol. The molecule has 39 heavy (non-hydrogen) atoms. The van der Waals surface area contributed by atoms with E-state index in [0.29, 0.717) is 61.6 Å². The molecule has 4 heterocycles. The summed E-state index contributed by atoms with van der Waals surface area (Å²) in [7, 11) is 0. The van der Waals surface area contributed by atoms with E-state index in [1.807, 2.05) is 24.0 Å². The molecule has 0 bridgehead atoms. The van der Waals surface area contributed by atoms with Crippen LogP contribution >= 0.6 is 11.6 Å². The molecule has 2 aromatic heterocycles. The molecular formula is C29H36ClN5O4. The number of amides is 2. The third-order valence-corrected chi connectivity index (χ3v) is 7.41. The maximum absolute atomic E-state index is 13.6. The van der Waals surface area contributed by atoms with Crippen LogP contribution in [-0.4, -0.2) is 70.2 Å². The zero-order chi connectivity index (χ0) is 28.3. The van der Waals surface area contributed by atoms with E-state index in [-0.39, 0.29) is 23.4 Å². The van der Waals surface area contributed by atoms with Crippen LogP contribution in [0.1, 0.15) is 44.0 Å². The molecule has 4 rings (SSSR count). The molecule has 2 fully saturated rings. The summed E-state index contributed by atoms with van der Waals surface area (Å²) in [5, 5.41) is 14.0. The minimum absolute atomic E-state index is 0.0474. The second kappa shape index (κ2) is 11.8. The first-order valence-electron chi connectivity index (χ1n) is 13.2. The van der Waals surface area contributed by atoms with Gasteiger partial charge in [-0.25, -0.2) is 4.98 Å². The third-order valence-electron chi connectivity index (χ3n) is 7.13. The van der Waals surface area contributed by atoms with Crippen molar-refractivity contribution < 1.29 is 14.7 Å². The van der Waals surface area contributed by atoms with Crippen LogP contribution in [0.15, 0.2) is 58.5 Å². The normalized spacial score (nSPS) is 19.3. The zero-order valence-electron chi connectivity index (χ0n) is 22.7. The van der Waals surface area contributed by atoms with Crippen molar-refractivity contribution in [3.05, 3.63) is 69.7 Å². The Morgan fingerprint density at radius 1 is 1.31 bits per heavy atom. The number of hydrogen-bond donors (Lipinski definition) is 2. The number of likely N-dealkylation sites (tertiary alicyclic amines) is 1. The molecule has 2 N–H and O–H groups in total. The number of nitrogens with zero attached hydrogens (tertiary/aromatic N) is 4. The predicted octanol–water partition coefficient (Wildman–Crippen LogP) is 3.21. The molecule has 208 valence electrons. The number of aliphatic hydroxyl groups excluding tert-OH is 1. The Kier molecular flexibility index (Phi) is 8.61. The predicted molar refractivity (Wildman–Crippen MR) is 154 cm³/mol. The van der Waals surface area contributed by atoms with E-state index in [1.165, 1.54) is 10.6 Å². The summed E-state index contributed by atoms with van der Waals surface area (Å²) in [5.74, 6) is -0.706. The van der Waals surface area contributed by atoms with Crippen molar-refractivity contribution in [1.82, 2.24) is 19.8 Å². The van der Waals surface area contributed by atoms with Crippen molar-refractivity contribution in [2.45, 2.75) is 46.3 Å². The number of anilines is 1. The summed E-state index contributed by atoms with van der Waals surface area (Å²) in [5.41, 5.74) is 1.53. The number of halogens is 1. The fourth-order valence-corrected chi connectivity index (χ4v) is 5.10. The Labute approximate surface area is 233 Å². The first kappa shape index (κ1) is 28.6. The lowest BCUT2D eigenvalue weighted by atomic mass is 9.84. The number of nitrogens with one attached hydrogen (secondary N) is 1. The molecule has 0 saturated carbocycles. The smallest absolute Gasteiger partial charge is 0.265 e. The molecule has 2 aromatic rings. The van der Waals surface area contributed by atoms with E-state index in [9.17, 15) is 19.5 Å². The van der Waals surface area contributed by atoms with Crippen LogP contribution < -0.4 is 15.8 Å². The number of carbonyl (C=O) groups excluding carboxylic acids is 2. The van der Waals surface area contributed by atoms with E-state index >= 15 is 0 Å². The average molecular weight is 554 g/mol. The molecule has 0 radical (unpaired) electrons. The Bertz CT molecular complexity index is 1400. The largest absolute Gasteiger partial charge is 0.391 e. The van der Waals surface area contributed by atoms with Gasteiger partial charge in [0.1, 0.15) is 17.8 Å².